The number of guanidine groups is 2. The van der Waals surface area contributed by atoms with Crippen LogP contribution in [-0.2, 0) is 11.5 Å². The number of nitrogens with zero attached hydrogens (tertiary/aromatic N) is 4. The number of aliphatic imine (C=N–C) groups is 2. The predicted octanol–water partition coefficient (Wildman–Crippen LogP) is 3.85. The molecule has 38 heavy (non-hydrogen) atoms. The van der Waals surface area contributed by atoms with Gasteiger partial charge in [-0.05, 0) is 26.7 Å². The third-order valence-corrected chi connectivity index (χ3v) is 8.02. The number of imidazole rings is 2. The first-order valence-corrected chi connectivity index (χ1v) is 16.1. The molecule has 0 radical (unpaired) electrons. The Morgan fingerprint density at radius 1 is 0.711 bits per heavy atom. The van der Waals surface area contributed by atoms with Crippen molar-refractivity contribution in [3.05, 3.63) is 35.4 Å². The summed E-state index contributed by atoms with van der Waals surface area (Å²) in [6.45, 7) is 7.35. The molecule has 0 unspecified atom stereocenters. The van der Waals surface area contributed by atoms with Crippen LogP contribution in [0.15, 0.2) is 22.6 Å². The predicted molar refractivity (Wildman–Crippen MR) is 165 cm³/mol. The molecule has 8 N–H and O–H groups in total. The Balaban J connectivity index is 1.31. The fraction of sp³-hybridized carbons (Fsp3) is 0.692. The van der Waals surface area contributed by atoms with Gasteiger partial charge in [-0.2, -0.15) is 23.5 Å². The molecule has 214 valence electrons. The summed E-state index contributed by atoms with van der Waals surface area (Å²) in [5.74, 6) is 4.90. The summed E-state index contributed by atoms with van der Waals surface area (Å²) in [7, 11) is 0. The third-order valence-electron chi connectivity index (χ3n) is 6.08. The first kappa shape index (κ1) is 31.9. The number of aryl methyl sites for hydroxylation is 2. The second-order valence-electron chi connectivity index (χ2n) is 9.27. The minimum atomic E-state index is 0.555. The van der Waals surface area contributed by atoms with Gasteiger partial charge in [-0.25, -0.2) is 9.97 Å². The number of hydrogen-bond acceptors (Lipinski definition) is 6. The molecule has 0 aliphatic carbocycles. The maximum Gasteiger partial charge on any atom is 0.188 e. The van der Waals surface area contributed by atoms with E-state index < -0.39 is 0 Å². The van der Waals surface area contributed by atoms with Gasteiger partial charge in [0, 0.05) is 60.6 Å². The van der Waals surface area contributed by atoms with E-state index in [1.807, 2.05) is 37.4 Å². The molecule has 0 aromatic carbocycles. The molecular formula is C26H48N10S2. The number of unbranched alkanes of at least 4 members (excludes halogenated alkanes) is 7. The van der Waals surface area contributed by atoms with Crippen LogP contribution < -0.4 is 22.1 Å². The highest BCUT2D eigenvalue weighted by molar-refractivity contribution is 7.98. The van der Waals surface area contributed by atoms with Crippen LogP contribution in [0.4, 0.5) is 0 Å². The topological polar surface area (TPSA) is 158 Å². The first-order valence-electron chi connectivity index (χ1n) is 13.8. The molecule has 0 aliphatic heterocycles. The van der Waals surface area contributed by atoms with E-state index in [1.165, 1.54) is 38.5 Å². The molecule has 2 aromatic rings. The van der Waals surface area contributed by atoms with Crippen molar-refractivity contribution in [2.75, 3.05) is 37.7 Å². The van der Waals surface area contributed by atoms with Gasteiger partial charge < -0.3 is 32.1 Å². The molecule has 2 aromatic heterocycles. The Morgan fingerprint density at radius 2 is 1.11 bits per heavy atom. The van der Waals surface area contributed by atoms with Crippen LogP contribution in [0.2, 0.25) is 0 Å². The Morgan fingerprint density at radius 3 is 1.47 bits per heavy atom. The lowest BCUT2D eigenvalue weighted by Gasteiger charge is -2.06. The number of aromatic amines is 2. The lowest BCUT2D eigenvalue weighted by molar-refractivity contribution is 0.572. The largest absolute Gasteiger partial charge is 0.370 e. The molecule has 0 saturated heterocycles. The van der Waals surface area contributed by atoms with Gasteiger partial charge in [0.25, 0.3) is 0 Å². The number of thioether (sulfide) groups is 2. The summed E-state index contributed by atoms with van der Waals surface area (Å²) >= 11 is 3.69. The zero-order valence-corrected chi connectivity index (χ0v) is 24.9. The molecule has 10 nitrogen and oxygen atoms in total. The number of nitrogens with two attached hydrogens (primary N) is 2. The first-order chi connectivity index (χ1) is 18.6. The average molecular weight is 565 g/mol. The summed E-state index contributed by atoms with van der Waals surface area (Å²) < 4.78 is 0. The molecule has 0 saturated carbocycles. The van der Waals surface area contributed by atoms with E-state index in [-0.39, 0.29) is 0 Å². The van der Waals surface area contributed by atoms with E-state index in [1.54, 1.807) is 12.7 Å². The van der Waals surface area contributed by atoms with Crippen LogP contribution in [0.1, 0.15) is 74.1 Å². The maximum absolute atomic E-state index is 5.96. The quantitative estimate of drug-likeness (QED) is 0.0758. The summed E-state index contributed by atoms with van der Waals surface area (Å²) in [6, 6.07) is 0. The number of aromatic nitrogens is 4. The summed E-state index contributed by atoms with van der Waals surface area (Å²) in [6.07, 6.45) is 13.2. The number of hydrogen-bond donors (Lipinski definition) is 6. The molecule has 12 heteroatoms. The smallest absolute Gasteiger partial charge is 0.188 e. The second kappa shape index (κ2) is 20.6. The summed E-state index contributed by atoms with van der Waals surface area (Å²) in [5, 5.41) is 6.39. The normalized spacial score (nSPS) is 12.3. The minimum absolute atomic E-state index is 0.555. The van der Waals surface area contributed by atoms with Crippen LogP contribution in [-0.4, -0.2) is 69.5 Å². The van der Waals surface area contributed by atoms with E-state index in [9.17, 15) is 0 Å². The van der Waals surface area contributed by atoms with Gasteiger partial charge in [0.05, 0.1) is 24.0 Å². The van der Waals surface area contributed by atoms with Crippen molar-refractivity contribution in [3.8, 4) is 0 Å². The number of nitrogens with one attached hydrogen (secondary N) is 4. The lowest BCUT2D eigenvalue weighted by atomic mass is 10.1. The van der Waals surface area contributed by atoms with Crippen LogP contribution >= 0.6 is 23.5 Å². The Bertz CT molecular complexity index is 851. The molecular weight excluding hydrogens is 516 g/mol. The number of rotatable bonds is 21. The van der Waals surface area contributed by atoms with Gasteiger partial charge in [-0.3, -0.25) is 9.98 Å². The maximum atomic E-state index is 5.96. The van der Waals surface area contributed by atoms with Gasteiger partial charge in [0.2, 0.25) is 0 Å². The van der Waals surface area contributed by atoms with Crippen molar-refractivity contribution in [3.63, 3.8) is 0 Å². The highest BCUT2D eigenvalue weighted by Gasteiger charge is 2.02. The Kier molecular flexibility index (Phi) is 17.3. The van der Waals surface area contributed by atoms with Crippen molar-refractivity contribution >= 4 is 35.4 Å². The van der Waals surface area contributed by atoms with Gasteiger partial charge in [0.1, 0.15) is 0 Å². The summed E-state index contributed by atoms with van der Waals surface area (Å²) in [4.78, 5) is 23.7. The fourth-order valence-corrected chi connectivity index (χ4v) is 5.45. The zero-order chi connectivity index (χ0) is 27.3. The van der Waals surface area contributed by atoms with Crippen molar-refractivity contribution in [2.45, 2.75) is 76.7 Å². The number of H-pyrrole nitrogens is 2. The van der Waals surface area contributed by atoms with Gasteiger partial charge >= 0.3 is 0 Å². The van der Waals surface area contributed by atoms with Crippen molar-refractivity contribution in [1.29, 1.82) is 0 Å². The Hall–Kier alpha value is -2.34. The van der Waals surface area contributed by atoms with E-state index >= 15 is 0 Å². The molecule has 0 fully saturated rings. The minimum Gasteiger partial charge on any atom is -0.370 e. The second-order valence-corrected chi connectivity index (χ2v) is 11.5. The van der Waals surface area contributed by atoms with Gasteiger partial charge in [-0.15, -0.1) is 0 Å². The van der Waals surface area contributed by atoms with Crippen LogP contribution in [0.3, 0.4) is 0 Å². The van der Waals surface area contributed by atoms with Crippen molar-refractivity contribution in [2.24, 2.45) is 21.5 Å². The van der Waals surface area contributed by atoms with Crippen LogP contribution in [0.5, 0.6) is 0 Å². The van der Waals surface area contributed by atoms with Crippen molar-refractivity contribution < 1.29 is 0 Å². The standard InChI is InChI=1S/C26H48N10S2/c1-21-23(35-19-33-21)17-37-15-13-31-25(27)29-11-9-7-5-3-4-6-8-10-12-30-26(28)32-14-16-38-18-24-22(2)34-20-36-24/h19-20H,3-18H2,1-2H3,(H,33,35)(H,34,36)(H3,27,29,31)(H3,28,30,32). The molecule has 2 heterocycles. The zero-order valence-electron chi connectivity index (χ0n) is 23.2. The van der Waals surface area contributed by atoms with Crippen LogP contribution in [0, 0.1) is 13.8 Å². The highest BCUT2D eigenvalue weighted by Crippen LogP contribution is 2.12. The molecule has 0 aliphatic rings. The highest BCUT2D eigenvalue weighted by atomic mass is 32.2. The van der Waals surface area contributed by atoms with E-state index in [2.05, 4.69) is 40.6 Å². The molecule has 0 bridgehead atoms. The van der Waals surface area contributed by atoms with Crippen molar-refractivity contribution in [1.82, 2.24) is 30.6 Å². The lowest BCUT2D eigenvalue weighted by Crippen LogP contribution is -2.33. The van der Waals surface area contributed by atoms with E-state index in [0.29, 0.717) is 11.9 Å². The van der Waals surface area contributed by atoms with E-state index in [4.69, 9.17) is 11.5 Å². The molecule has 0 atom stereocenters. The van der Waals surface area contributed by atoms with Gasteiger partial charge in [-0.1, -0.05) is 38.5 Å². The molecule has 2 rings (SSSR count). The monoisotopic (exact) mass is 564 g/mol. The third kappa shape index (κ3) is 15.2. The Labute approximate surface area is 236 Å². The van der Waals surface area contributed by atoms with Gasteiger partial charge in [0.15, 0.2) is 11.9 Å². The average Bonchev–Trinajstić information content (AvgIpc) is 3.51. The summed E-state index contributed by atoms with van der Waals surface area (Å²) in [5.41, 5.74) is 16.4. The van der Waals surface area contributed by atoms with Crippen LogP contribution in [0.25, 0.3) is 0 Å². The van der Waals surface area contributed by atoms with E-state index in [0.717, 1.165) is 84.8 Å². The molecule has 0 amide bonds. The molecule has 0 spiro atoms. The SMILES string of the molecule is Cc1[nH]cnc1CSCCNC(N)=NCCCCCCCCCCN=C(N)NCCSCc1nc[nH]c1C. The fourth-order valence-electron chi connectivity index (χ4n) is 3.70.